The number of benzene rings is 3. The number of nitrogens with one attached hydrogen (secondary N) is 1. The van der Waals surface area contributed by atoms with Crippen molar-refractivity contribution in [1.29, 1.82) is 0 Å². The van der Waals surface area contributed by atoms with Gasteiger partial charge in [-0.3, -0.25) is 4.79 Å². The zero-order valence-electron chi connectivity index (χ0n) is 16.5. The summed E-state index contributed by atoms with van der Waals surface area (Å²) in [7, 11) is 1.61. The molecular weight excluding hydrogens is 362 g/mol. The van der Waals surface area contributed by atoms with Crippen LogP contribution in [0.5, 0.6) is 5.75 Å². The Morgan fingerprint density at radius 2 is 1.69 bits per heavy atom. The molecule has 1 unspecified atom stereocenters. The van der Waals surface area contributed by atoms with Crippen molar-refractivity contribution in [2.24, 2.45) is 0 Å². The Morgan fingerprint density at radius 1 is 1.00 bits per heavy atom. The van der Waals surface area contributed by atoms with Gasteiger partial charge in [0.1, 0.15) is 11.6 Å². The summed E-state index contributed by atoms with van der Waals surface area (Å²) in [6, 6.07) is 25.1. The molecule has 0 bridgehead atoms. The molecule has 0 fully saturated rings. The number of fused-ring (bicyclic) bond motifs is 1. The van der Waals surface area contributed by atoms with Crippen molar-refractivity contribution in [2.45, 2.75) is 19.5 Å². The van der Waals surface area contributed by atoms with Gasteiger partial charge < -0.3 is 14.6 Å². The average Bonchev–Trinajstić information content (AvgIpc) is 3.13. The van der Waals surface area contributed by atoms with Crippen molar-refractivity contribution in [3.63, 3.8) is 0 Å². The molecule has 0 aliphatic carbocycles. The summed E-state index contributed by atoms with van der Waals surface area (Å²) >= 11 is 0. The minimum Gasteiger partial charge on any atom is -0.497 e. The van der Waals surface area contributed by atoms with Gasteiger partial charge in [-0.05, 0) is 48.9 Å². The molecule has 4 rings (SSSR count). The topological polar surface area (TPSA) is 56.1 Å². The van der Waals surface area contributed by atoms with Gasteiger partial charge >= 0.3 is 0 Å². The van der Waals surface area contributed by atoms with Crippen LogP contribution in [0, 0.1) is 0 Å². The molecule has 0 saturated heterocycles. The first-order valence-electron chi connectivity index (χ1n) is 9.59. The Hall–Kier alpha value is -3.60. The average molecular weight is 385 g/mol. The summed E-state index contributed by atoms with van der Waals surface area (Å²) in [6.45, 7) is 2.66. The van der Waals surface area contributed by atoms with Crippen molar-refractivity contribution >= 4 is 16.9 Å². The molecule has 146 valence electrons. The molecule has 0 spiro atoms. The first-order chi connectivity index (χ1) is 14.2. The minimum atomic E-state index is -0.249. The van der Waals surface area contributed by atoms with Crippen LogP contribution in [0.3, 0.4) is 0 Å². The lowest BCUT2D eigenvalue weighted by Crippen LogP contribution is -2.28. The van der Waals surface area contributed by atoms with E-state index in [0.717, 1.165) is 22.6 Å². The summed E-state index contributed by atoms with van der Waals surface area (Å²) in [5, 5.41) is 3.07. The number of hydrogen-bond acceptors (Lipinski definition) is 3. The molecule has 3 aromatic carbocycles. The molecule has 0 radical (unpaired) electrons. The van der Waals surface area contributed by atoms with E-state index < -0.39 is 0 Å². The third kappa shape index (κ3) is 3.99. The van der Waals surface area contributed by atoms with Crippen molar-refractivity contribution in [2.75, 3.05) is 7.11 Å². The van der Waals surface area contributed by atoms with E-state index >= 15 is 0 Å². The third-order valence-electron chi connectivity index (χ3n) is 4.95. The summed E-state index contributed by atoms with van der Waals surface area (Å²) in [4.78, 5) is 17.5. The molecule has 1 heterocycles. The van der Waals surface area contributed by atoms with E-state index in [4.69, 9.17) is 9.72 Å². The smallest absolute Gasteiger partial charge is 0.251 e. The largest absolute Gasteiger partial charge is 0.497 e. The molecular formula is C24H23N3O2. The molecule has 1 atom stereocenters. The maximum absolute atomic E-state index is 12.7. The van der Waals surface area contributed by atoms with Crippen LogP contribution in [0.25, 0.3) is 11.0 Å². The van der Waals surface area contributed by atoms with Gasteiger partial charge in [0.25, 0.3) is 5.91 Å². The van der Waals surface area contributed by atoms with E-state index in [9.17, 15) is 4.79 Å². The number of methoxy groups -OCH3 is 1. The molecule has 0 aliphatic heterocycles. The highest BCUT2D eigenvalue weighted by molar-refractivity contribution is 5.94. The highest BCUT2D eigenvalue weighted by Gasteiger charge is 2.19. The maximum atomic E-state index is 12.7. The second-order valence-electron chi connectivity index (χ2n) is 6.95. The van der Waals surface area contributed by atoms with Gasteiger partial charge in [-0.25, -0.2) is 4.98 Å². The van der Waals surface area contributed by atoms with Crippen LogP contribution >= 0.6 is 0 Å². The quantitative estimate of drug-likeness (QED) is 0.528. The van der Waals surface area contributed by atoms with Crippen LogP contribution in [0.4, 0.5) is 0 Å². The lowest BCUT2D eigenvalue weighted by molar-refractivity contribution is 0.0937. The molecule has 29 heavy (non-hydrogen) atoms. The number of para-hydroxylation sites is 2. The van der Waals surface area contributed by atoms with Gasteiger partial charge in [-0.15, -0.1) is 0 Å². The normalized spacial score (nSPS) is 11.9. The van der Waals surface area contributed by atoms with Crippen LogP contribution in [-0.2, 0) is 6.54 Å². The molecule has 1 amide bonds. The first-order valence-corrected chi connectivity index (χ1v) is 9.59. The summed E-state index contributed by atoms with van der Waals surface area (Å²) in [6.07, 6.45) is 0. The lowest BCUT2D eigenvalue weighted by Gasteiger charge is -2.17. The Bertz CT molecular complexity index is 1120. The van der Waals surface area contributed by atoms with Crippen LogP contribution in [0.2, 0.25) is 0 Å². The van der Waals surface area contributed by atoms with Crippen LogP contribution < -0.4 is 10.1 Å². The van der Waals surface area contributed by atoms with Gasteiger partial charge in [-0.1, -0.05) is 42.5 Å². The highest BCUT2D eigenvalue weighted by atomic mass is 16.5. The Labute approximate surface area is 170 Å². The number of ether oxygens (including phenoxy) is 1. The maximum Gasteiger partial charge on any atom is 0.251 e. The Morgan fingerprint density at radius 3 is 2.41 bits per heavy atom. The third-order valence-corrected chi connectivity index (χ3v) is 4.95. The standard InChI is InChI=1S/C24H23N3O2/c1-17(25-24(28)19-12-14-20(29-2)15-13-19)23-26-21-10-6-7-11-22(21)27(23)16-18-8-4-3-5-9-18/h3-15,17H,16H2,1-2H3,(H,25,28). The first kappa shape index (κ1) is 18.7. The fourth-order valence-corrected chi connectivity index (χ4v) is 3.44. The Balaban J connectivity index is 1.63. The molecule has 1 N–H and O–H groups in total. The summed E-state index contributed by atoms with van der Waals surface area (Å²) in [5.74, 6) is 1.41. The minimum absolute atomic E-state index is 0.140. The SMILES string of the molecule is COc1ccc(C(=O)NC(C)c2nc3ccccc3n2Cc2ccccc2)cc1. The summed E-state index contributed by atoms with van der Waals surface area (Å²) in [5.41, 5.74) is 3.75. The van der Waals surface area contributed by atoms with Gasteiger partial charge in [0.05, 0.1) is 24.2 Å². The second-order valence-corrected chi connectivity index (χ2v) is 6.95. The fraction of sp³-hybridized carbons (Fsp3) is 0.167. The molecule has 0 aliphatic rings. The number of amides is 1. The van der Waals surface area contributed by atoms with Crippen LogP contribution in [0.15, 0.2) is 78.9 Å². The molecule has 4 aromatic rings. The van der Waals surface area contributed by atoms with Gasteiger partial charge in [-0.2, -0.15) is 0 Å². The number of nitrogens with zero attached hydrogens (tertiary/aromatic N) is 2. The number of carbonyl (C=O) groups excluding carboxylic acids is 1. The van der Waals surface area contributed by atoms with Crippen LogP contribution in [0.1, 0.15) is 34.7 Å². The molecule has 1 aromatic heterocycles. The molecule has 5 heteroatoms. The predicted molar refractivity (Wildman–Crippen MR) is 114 cm³/mol. The van der Waals surface area contributed by atoms with Gasteiger partial charge in [0, 0.05) is 12.1 Å². The molecule has 5 nitrogen and oxygen atoms in total. The van der Waals surface area contributed by atoms with E-state index in [1.807, 2.05) is 43.3 Å². The number of hydrogen-bond donors (Lipinski definition) is 1. The lowest BCUT2D eigenvalue weighted by atomic mass is 10.2. The number of carbonyl (C=O) groups is 1. The zero-order valence-corrected chi connectivity index (χ0v) is 16.5. The fourth-order valence-electron chi connectivity index (χ4n) is 3.44. The van der Waals surface area contributed by atoms with E-state index in [0.29, 0.717) is 12.1 Å². The predicted octanol–water partition coefficient (Wildman–Crippen LogP) is 4.58. The van der Waals surface area contributed by atoms with E-state index in [1.54, 1.807) is 31.4 Å². The van der Waals surface area contributed by atoms with Crippen molar-refractivity contribution in [3.05, 3.63) is 95.8 Å². The van der Waals surface area contributed by atoms with E-state index in [2.05, 4.69) is 28.1 Å². The van der Waals surface area contributed by atoms with Gasteiger partial charge in [0.2, 0.25) is 0 Å². The monoisotopic (exact) mass is 385 g/mol. The van der Waals surface area contributed by atoms with Crippen molar-refractivity contribution < 1.29 is 9.53 Å². The second kappa shape index (κ2) is 8.19. The number of aromatic nitrogens is 2. The zero-order chi connectivity index (χ0) is 20.2. The van der Waals surface area contributed by atoms with Crippen molar-refractivity contribution in [1.82, 2.24) is 14.9 Å². The molecule has 0 saturated carbocycles. The van der Waals surface area contributed by atoms with Crippen LogP contribution in [-0.4, -0.2) is 22.6 Å². The number of rotatable bonds is 6. The van der Waals surface area contributed by atoms with E-state index in [1.165, 1.54) is 5.56 Å². The van der Waals surface area contributed by atoms with Crippen molar-refractivity contribution in [3.8, 4) is 5.75 Å². The Kier molecular flexibility index (Phi) is 5.29. The summed E-state index contributed by atoms with van der Waals surface area (Å²) < 4.78 is 7.33. The van der Waals surface area contributed by atoms with Gasteiger partial charge in [0.15, 0.2) is 0 Å². The number of imidazole rings is 1. The van der Waals surface area contributed by atoms with E-state index in [-0.39, 0.29) is 11.9 Å². The highest BCUT2D eigenvalue weighted by Crippen LogP contribution is 2.23.